The number of amides is 1. The Kier molecular flexibility index (Phi) is 8.87. The summed E-state index contributed by atoms with van der Waals surface area (Å²) in [6, 6.07) is 26.4. The topological polar surface area (TPSA) is 20.3 Å². The fourth-order valence-corrected chi connectivity index (χ4v) is 6.74. The second-order valence-corrected chi connectivity index (χ2v) is 12.0. The van der Waals surface area contributed by atoms with Gasteiger partial charge in [-0.3, -0.25) is 4.79 Å². The third kappa shape index (κ3) is 6.02. The number of hydrogen-bond acceptors (Lipinski definition) is 2. The van der Waals surface area contributed by atoms with Crippen LogP contribution in [0.5, 0.6) is 0 Å². The summed E-state index contributed by atoms with van der Waals surface area (Å²) < 4.78 is 0. The van der Waals surface area contributed by atoms with Crippen LogP contribution in [0.15, 0.2) is 96.4 Å². The normalized spacial score (nSPS) is 22.9. The molecule has 0 saturated carbocycles. The summed E-state index contributed by atoms with van der Waals surface area (Å²) in [5, 5.41) is 1.40. The minimum atomic E-state index is -0.529. The van der Waals surface area contributed by atoms with Crippen LogP contribution in [0.25, 0.3) is 0 Å². The van der Waals surface area contributed by atoms with Crippen molar-refractivity contribution in [3.05, 3.63) is 113 Å². The number of allylic oxidation sites excluding steroid dienone is 1. The van der Waals surface area contributed by atoms with E-state index in [4.69, 9.17) is 23.2 Å². The number of halogens is 2. The molecule has 0 radical (unpaired) electrons. The van der Waals surface area contributed by atoms with E-state index in [0.717, 1.165) is 29.7 Å². The predicted octanol–water partition coefficient (Wildman–Crippen LogP) is 9.20. The quantitative estimate of drug-likeness (QED) is 0.200. The van der Waals surface area contributed by atoms with Gasteiger partial charge in [-0.25, -0.2) is 0 Å². The van der Waals surface area contributed by atoms with Gasteiger partial charge in [-0.1, -0.05) is 78.7 Å². The molecule has 0 N–H and O–H groups in total. The Morgan fingerprint density at radius 1 is 1.03 bits per heavy atom. The van der Waals surface area contributed by atoms with E-state index in [1.54, 1.807) is 0 Å². The smallest absolute Gasteiger partial charge is 0.229 e. The third-order valence-electron chi connectivity index (χ3n) is 7.21. The number of piperidine rings is 1. The van der Waals surface area contributed by atoms with Crippen molar-refractivity contribution in [1.82, 2.24) is 4.90 Å². The number of thioether (sulfide) groups is 1. The fraction of sp³-hybridized carbons (Fsp3) is 0.323. The first-order valence-electron chi connectivity index (χ1n) is 12.4. The number of carbonyl (C=O) groups excluding carboxylic acids is 1. The molecule has 36 heavy (non-hydrogen) atoms. The lowest BCUT2D eigenvalue weighted by Crippen LogP contribution is -2.55. The highest BCUT2D eigenvalue weighted by Gasteiger charge is 2.50. The summed E-state index contributed by atoms with van der Waals surface area (Å²) >= 11 is 14.5. The fourth-order valence-electron chi connectivity index (χ4n) is 5.37. The lowest BCUT2D eigenvalue weighted by molar-refractivity contribution is -0.154. The number of benzene rings is 3. The Morgan fingerprint density at radius 3 is 2.42 bits per heavy atom. The van der Waals surface area contributed by atoms with E-state index < -0.39 is 5.41 Å². The van der Waals surface area contributed by atoms with Crippen molar-refractivity contribution in [2.45, 2.75) is 56.0 Å². The Bertz CT molecular complexity index is 1180. The van der Waals surface area contributed by atoms with E-state index in [2.05, 4.69) is 67.8 Å². The summed E-state index contributed by atoms with van der Waals surface area (Å²) in [6.45, 7) is 8.25. The second kappa shape index (κ2) is 11.9. The molecular weight excluding hydrogens is 505 g/mol. The van der Waals surface area contributed by atoms with Crippen LogP contribution in [0.2, 0.25) is 10.0 Å². The zero-order chi connectivity index (χ0) is 25.7. The Labute approximate surface area is 229 Å². The molecule has 3 aromatic rings. The number of likely N-dealkylation sites (tertiary alicyclic amines) is 1. The summed E-state index contributed by atoms with van der Waals surface area (Å²) in [4.78, 5) is 17.6. The SMILES string of the molecule is C=CC[C@@]1(C)C[C@H](c2cccc(Cl)c2)[C@@H](c2ccc(Cl)cc2)N([C@@H](C)CCSc2ccccc2)C1=O. The summed E-state index contributed by atoms with van der Waals surface area (Å²) in [5.41, 5.74) is 1.72. The molecule has 4 atom stereocenters. The van der Waals surface area contributed by atoms with Crippen molar-refractivity contribution in [3.8, 4) is 0 Å². The van der Waals surface area contributed by atoms with Gasteiger partial charge in [-0.15, -0.1) is 18.3 Å². The molecule has 1 aliphatic rings. The van der Waals surface area contributed by atoms with Crippen molar-refractivity contribution < 1.29 is 4.79 Å². The Hall–Kier alpha value is -2.20. The lowest BCUT2D eigenvalue weighted by Gasteiger charge is -2.51. The van der Waals surface area contributed by atoms with E-state index in [-0.39, 0.29) is 23.9 Å². The van der Waals surface area contributed by atoms with Crippen LogP contribution in [0.3, 0.4) is 0 Å². The zero-order valence-electron chi connectivity index (χ0n) is 20.9. The van der Waals surface area contributed by atoms with Crippen molar-refractivity contribution >= 4 is 40.9 Å². The first kappa shape index (κ1) is 26.9. The van der Waals surface area contributed by atoms with Crippen LogP contribution >= 0.6 is 35.0 Å². The van der Waals surface area contributed by atoms with Gasteiger partial charge in [-0.2, -0.15) is 0 Å². The minimum Gasteiger partial charge on any atom is -0.332 e. The van der Waals surface area contributed by atoms with Crippen molar-refractivity contribution in [3.63, 3.8) is 0 Å². The van der Waals surface area contributed by atoms with Gasteiger partial charge in [0.1, 0.15) is 0 Å². The molecule has 4 rings (SSSR count). The van der Waals surface area contributed by atoms with Crippen LogP contribution in [-0.2, 0) is 4.79 Å². The average Bonchev–Trinajstić information content (AvgIpc) is 2.87. The highest BCUT2D eigenvalue weighted by atomic mass is 35.5. The van der Waals surface area contributed by atoms with Gasteiger partial charge in [0, 0.05) is 26.9 Å². The first-order chi connectivity index (χ1) is 17.3. The Morgan fingerprint density at radius 2 is 1.75 bits per heavy atom. The highest BCUT2D eigenvalue weighted by molar-refractivity contribution is 7.99. The van der Waals surface area contributed by atoms with Crippen molar-refractivity contribution in [1.29, 1.82) is 0 Å². The van der Waals surface area contributed by atoms with Gasteiger partial charge in [-0.05, 0) is 79.5 Å². The van der Waals surface area contributed by atoms with Gasteiger partial charge in [0.05, 0.1) is 11.5 Å². The second-order valence-electron chi connectivity index (χ2n) is 9.93. The molecule has 2 nitrogen and oxygen atoms in total. The zero-order valence-corrected chi connectivity index (χ0v) is 23.2. The molecule has 188 valence electrons. The molecule has 0 aromatic heterocycles. The number of rotatable bonds is 9. The van der Waals surface area contributed by atoms with E-state index in [1.165, 1.54) is 4.90 Å². The summed E-state index contributed by atoms with van der Waals surface area (Å²) in [7, 11) is 0. The van der Waals surface area contributed by atoms with Crippen molar-refractivity contribution in [2.24, 2.45) is 5.41 Å². The number of nitrogens with zero attached hydrogens (tertiary/aromatic N) is 1. The third-order valence-corrected chi connectivity index (χ3v) is 8.74. The van der Waals surface area contributed by atoms with Crippen LogP contribution in [0.4, 0.5) is 0 Å². The summed E-state index contributed by atoms with van der Waals surface area (Å²) in [5.74, 6) is 1.22. The Balaban J connectivity index is 1.73. The highest BCUT2D eigenvalue weighted by Crippen LogP contribution is 2.52. The van der Waals surface area contributed by atoms with E-state index in [1.807, 2.05) is 54.2 Å². The van der Waals surface area contributed by atoms with Crippen LogP contribution in [-0.4, -0.2) is 22.6 Å². The monoisotopic (exact) mass is 537 g/mol. The maximum Gasteiger partial charge on any atom is 0.229 e. The molecule has 1 amide bonds. The molecular formula is C31H33Cl2NOS. The van der Waals surface area contributed by atoms with Gasteiger partial charge in [0.25, 0.3) is 0 Å². The first-order valence-corrected chi connectivity index (χ1v) is 14.2. The minimum absolute atomic E-state index is 0.0560. The largest absolute Gasteiger partial charge is 0.332 e. The molecule has 1 aliphatic heterocycles. The molecule has 0 bridgehead atoms. The van der Waals surface area contributed by atoms with Gasteiger partial charge < -0.3 is 4.90 Å². The van der Waals surface area contributed by atoms with Crippen LogP contribution in [0.1, 0.15) is 56.2 Å². The maximum absolute atomic E-state index is 14.2. The molecule has 1 heterocycles. The average molecular weight is 539 g/mol. The van der Waals surface area contributed by atoms with Crippen molar-refractivity contribution in [2.75, 3.05) is 5.75 Å². The molecule has 0 unspecified atom stereocenters. The summed E-state index contributed by atoms with van der Waals surface area (Å²) in [6.07, 6.45) is 4.14. The van der Waals surface area contributed by atoms with Crippen LogP contribution < -0.4 is 0 Å². The lowest BCUT2D eigenvalue weighted by atomic mass is 9.67. The molecule has 1 fully saturated rings. The van der Waals surface area contributed by atoms with Gasteiger partial charge in [0.2, 0.25) is 5.91 Å². The maximum atomic E-state index is 14.2. The predicted molar refractivity (Wildman–Crippen MR) is 154 cm³/mol. The van der Waals surface area contributed by atoms with E-state index in [9.17, 15) is 4.79 Å². The van der Waals surface area contributed by atoms with Crippen LogP contribution in [0, 0.1) is 5.41 Å². The standard InChI is InChI=1S/C31H33Cl2NOS/c1-4-18-31(3)21-28(24-9-8-10-26(33)20-24)29(23-13-15-25(32)16-14-23)34(30(31)35)22(2)17-19-36-27-11-6-5-7-12-27/h4-16,20,22,28-29H,1,17-19,21H2,2-3H3/t22-,28+,29+,31-/m0/s1. The van der Waals surface area contributed by atoms with Gasteiger partial charge in [0.15, 0.2) is 0 Å². The van der Waals surface area contributed by atoms with E-state index >= 15 is 0 Å². The molecule has 1 saturated heterocycles. The number of carbonyl (C=O) groups is 1. The molecule has 5 heteroatoms. The molecule has 0 spiro atoms. The van der Waals surface area contributed by atoms with E-state index in [0.29, 0.717) is 16.5 Å². The number of hydrogen-bond donors (Lipinski definition) is 0. The van der Waals surface area contributed by atoms with Gasteiger partial charge >= 0.3 is 0 Å². The molecule has 3 aromatic carbocycles. The molecule has 0 aliphatic carbocycles.